The molecule has 13 heavy (non-hydrogen) atoms. The highest BCUT2D eigenvalue weighted by molar-refractivity contribution is 7.52. The third-order valence-corrected chi connectivity index (χ3v) is 3.40. The monoisotopic (exact) mass is 208 g/mol. The highest BCUT2D eigenvalue weighted by Crippen LogP contribution is 2.42. The van der Waals surface area contributed by atoms with Gasteiger partial charge in [-0.25, -0.2) is 0 Å². The molecular formula is C9H21O3P. The summed E-state index contributed by atoms with van der Waals surface area (Å²) in [7, 11) is -3.24. The summed E-state index contributed by atoms with van der Waals surface area (Å²) >= 11 is 0. The molecule has 0 saturated carbocycles. The zero-order chi connectivity index (χ0) is 10.2. The Balaban J connectivity index is 3.35. The molecule has 0 rings (SSSR count). The van der Waals surface area contributed by atoms with Crippen LogP contribution in [-0.2, 0) is 9.09 Å². The third-order valence-electron chi connectivity index (χ3n) is 1.80. The van der Waals surface area contributed by atoms with Gasteiger partial charge in [0, 0.05) is 6.16 Å². The van der Waals surface area contributed by atoms with Crippen molar-refractivity contribution in [2.75, 3.05) is 12.8 Å². The van der Waals surface area contributed by atoms with E-state index in [1.165, 1.54) is 12.8 Å². The minimum atomic E-state index is -3.24. The Labute approximate surface area is 81.0 Å². The summed E-state index contributed by atoms with van der Waals surface area (Å²) in [4.78, 5) is 9.20. The lowest BCUT2D eigenvalue weighted by molar-refractivity contribution is 0.253. The first-order valence-corrected chi connectivity index (χ1v) is 6.85. The van der Waals surface area contributed by atoms with E-state index in [2.05, 4.69) is 6.92 Å². The van der Waals surface area contributed by atoms with E-state index in [4.69, 9.17) is 4.52 Å². The van der Waals surface area contributed by atoms with Gasteiger partial charge < -0.3 is 9.42 Å². The van der Waals surface area contributed by atoms with Gasteiger partial charge in [-0.05, 0) is 12.8 Å². The molecule has 80 valence electrons. The molecule has 0 aliphatic rings. The highest BCUT2D eigenvalue weighted by atomic mass is 31.2. The first-order valence-electron chi connectivity index (χ1n) is 5.08. The number of unbranched alkanes of at least 4 members (excludes halogenated alkanes) is 3. The van der Waals surface area contributed by atoms with Crippen LogP contribution in [-0.4, -0.2) is 17.7 Å². The van der Waals surface area contributed by atoms with Crippen molar-refractivity contribution in [1.29, 1.82) is 0 Å². The standard InChI is InChI=1S/C9H21O3P/c1-3-5-6-7-8-12-13(10,11)9-4-2/h3-9H2,1-2H3,(H,10,11). The molecule has 0 aromatic rings. The van der Waals surface area contributed by atoms with Gasteiger partial charge in [-0.3, -0.25) is 4.57 Å². The van der Waals surface area contributed by atoms with E-state index in [0.717, 1.165) is 12.8 Å². The fourth-order valence-corrected chi connectivity index (χ4v) is 2.19. The van der Waals surface area contributed by atoms with Crippen LogP contribution in [0.25, 0.3) is 0 Å². The minimum Gasteiger partial charge on any atom is -0.324 e. The summed E-state index contributed by atoms with van der Waals surface area (Å²) in [6, 6.07) is 0. The molecule has 0 aromatic carbocycles. The van der Waals surface area contributed by atoms with Crippen LogP contribution >= 0.6 is 7.60 Å². The molecule has 1 atom stereocenters. The van der Waals surface area contributed by atoms with Gasteiger partial charge in [-0.2, -0.15) is 0 Å². The molecule has 1 N–H and O–H groups in total. The molecule has 0 saturated heterocycles. The van der Waals surface area contributed by atoms with Crippen LogP contribution in [0, 0.1) is 0 Å². The average molecular weight is 208 g/mol. The quantitative estimate of drug-likeness (QED) is 0.492. The summed E-state index contributed by atoms with van der Waals surface area (Å²) in [5.74, 6) is 0. The normalized spacial score (nSPS) is 15.6. The van der Waals surface area contributed by atoms with Gasteiger partial charge >= 0.3 is 7.60 Å². The van der Waals surface area contributed by atoms with Gasteiger partial charge in [0.1, 0.15) is 0 Å². The summed E-state index contributed by atoms with van der Waals surface area (Å²) in [5, 5.41) is 0. The van der Waals surface area contributed by atoms with Crippen molar-refractivity contribution in [3.8, 4) is 0 Å². The van der Waals surface area contributed by atoms with Crippen LogP contribution in [0.4, 0.5) is 0 Å². The molecule has 4 heteroatoms. The van der Waals surface area contributed by atoms with Crippen LogP contribution in [0.5, 0.6) is 0 Å². The molecule has 0 aliphatic heterocycles. The first-order chi connectivity index (χ1) is 6.12. The van der Waals surface area contributed by atoms with Crippen molar-refractivity contribution in [2.45, 2.75) is 46.0 Å². The summed E-state index contributed by atoms with van der Waals surface area (Å²) in [6.45, 7) is 4.44. The van der Waals surface area contributed by atoms with Gasteiger partial charge in [0.15, 0.2) is 0 Å². The summed E-state index contributed by atoms with van der Waals surface area (Å²) in [6.07, 6.45) is 5.30. The zero-order valence-electron chi connectivity index (χ0n) is 8.66. The van der Waals surface area contributed by atoms with Gasteiger partial charge in [-0.1, -0.05) is 33.1 Å². The summed E-state index contributed by atoms with van der Waals surface area (Å²) < 4.78 is 16.1. The maximum absolute atomic E-state index is 11.2. The lowest BCUT2D eigenvalue weighted by atomic mass is 10.2. The smallest absolute Gasteiger partial charge is 0.324 e. The van der Waals surface area contributed by atoms with Crippen molar-refractivity contribution < 1.29 is 14.0 Å². The fraction of sp³-hybridized carbons (Fsp3) is 1.00. The lowest BCUT2D eigenvalue weighted by Crippen LogP contribution is -1.96. The Morgan fingerprint density at radius 3 is 2.38 bits per heavy atom. The van der Waals surface area contributed by atoms with Crippen molar-refractivity contribution in [3.63, 3.8) is 0 Å². The molecule has 0 fully saturated rings. The maximum Gasteiger partial charge on any atom is 0.328 e. The van der Waals surface area contributed by atoms with E-state index in [9.17, 15) is 9.46 Å². The zero-order valence-corrected chi connectivity index (χ0v) is 9.56. The van der Waals surface area contributed by atoms with E-state index in [-0.39, 0.29) is 6.16 Å². The van der Waals surface area contributed by atoms with Gasteiger partial charge in [0.25, 0.3) is 0 Å². The predicted octanol–water partition coefficient (Wildman–Crippen LogP) is 3.18. The fourth-order valence-electron chi connectivity index (χ4n) is 1.08. The van der Waals surface area contributed by atoms with E-state index in [0.29, 0.717) is 13.0 Å². The molecule has 0 radical (unpaired) electrons. The minimum absolute atomic E-state index is 0.279. The second kappa shape index (κ2) is 7.54. The van der Waals surface area contributed by atoms with Crippen molar-refractivity contribution in [1.82, 2.24) is 0 Å². The average Bonchev–Trinajstić information content (AvgIpc) is 2.04. The molecule has 0 aromatic heterocycles. The SMILES string of the molecule is CCCCCCOP(=O)(O)CCC. The molecule has 0 spiro atoms. The lowest BCUT2D eigenvalue weighted by Gasteiger charge is -2.10. The van der Waals surface area contributed by atoms with E-state index >= 15 is 0 Å². The molecule has 0 amide bonds. The molecule has 3 nitrogen and oxygen atoms in total. The predicted molar refractivity (Wildman–Crippen MR) is 55.1 cm³/mol. The first kappa shape index (κ1) is 13.2. The third kappa shape index (κ3) is 8.48. The van der Waals surface area contributed by atoms with E-state index in [1.807, 2.05) is 6.92 Å². The summed E-state index contributed by atoms with van der Waals surface area (Å²) in [5.41, 5.74) is 0. The van der Waals surface area contributed by atoms with Crippen LogP contribution in [0.2, 0.25) is 0 Å². The van der Waals surface area contributed by atoms with Crippen molar-refractivity contribution in [3.05, 3.63) is 0 Å². The molecule has 0 heterocycles. The van der Waals surface area contributed by atoms with E-state index in [1.54, 1.807) is 0 Å². The Morgan fingerprint density at radius 1 is 1.15 bits per heavy atom. The van der Waals surface area contributed by atoms with Crippen LogP contribution < -0.4 is 0 Å². The molecule has 0 bridgehead atoms. The number of rotatable bonds is 8. The Bertz CT molecular complexity index is 159. The van der Waals surface area contributed by atoms with Gasteiger partial charge in [0.2, 0.25) is 0 Å². The number of hydrogen-bond acceptors (Lipinski definition) is 2. The van der Waals surface area contributed by atoms with Crippen molar-refractivity contribution >= 4 is 7.60 Å². The van der Waals surface area contributed by atoms with Crippen molar-refractivity contribution in [2.24, 2.45) is 0 Å². The molecule has 1 unspecified atom stereocenters. The highest BCUT2D eigenvalue weighted by Gasteiger charge is 2.16. The molecule has 0 aliphatic carbocycles. The Kier molecular flexibility index (Phi) is 7.63. The van der Waals surface area contributed by atoms with Gasteiger partial charge in [0.05, 0.1) is 6.61 Å². The number of hydrogen-bond donors (Lipinski definition) is 1. The van der Waals surface area contributed by atoms with Gasteiger partial charge in [-0.15, -0.1) is 0 Å². The second-order valence-electron chi connectivity index (χ2n) is 3.25. The largest absolute Gasteiger partial charge is 0.328 e. The topological polar surface area (TPSA) is 46.5 Å². The van der Waals surface area contributed by atoms with Crippen LogP contribution in [0.15, 0.2) is 0 Å². The van der Waals surface area contributed by atoms with Crippen LogP contribution in [0.1, 0.15) is 46.0 Å². The van der Waals surface area contributed by atoms with E-state index < -0.39 is 7.60 Å². The van der Waals surface area contributed by atoms with Crippen LogP contribution in [0.3, 0.4) is 0 Å². The Morgan fingerprint density at radius 2 is 1.85 bits per heavy atom. The maximum atomic E-state index is 11.2. The Hall–Kier alpha value is 0.150. The molecular weight excluding hydrogens is 187 g/mol. The second-order valence-corrected chi connectivity index (χ2v) is 5.24.